The van der Waals surface area contributed by atoms with E-state index < -0.39 is 0 Å². The van der Waals surface area contributed by atoms with E-state index in [1.54, 1.807) is 42.5 Å². The largest absolute Gasteiger partial charge is 0.484 e. The number of benzene rings is 1. The Morgan fingerprint density at radius 1 is 1.30 bits per heavy atom. The molecule has 0 fully saturated rings. The van der Waals surface area contributed by atoms with Crippen LogP contribution < -0.4 is 15.4 Å². The lowest BCUT2D eigenvalue weighted by Crippen LogP contribution is -2.24. The molecule has 0 unspecified atom stereocenters. The highest BCUT2D eigenvalue weighted by Gasteiger charge is 2.03. The zero-order valence-electron chi connectivity index (χ0n) is 12.3. The van der Waals surface area contributed by atoms with Crippen molar-refractivity contribution in [2.45, 2.75) is 0 Å². The Morgan fingerprint density at radius 2 is 2.13 bits per heavy atom. The standard InChI is InChI=1S/C16H15BrN2O4/c1-18-16(21)10-22-13-4-2-3-11(9-13)19-15(20)8-6-12-5-7-14(17)23-12/h2-9H,10H2,1H3,(H,18,21)(H,19,20)/b8-6+. The summed E-state index contributed by atoms with van der Waals surface area (Å²) >= 11 is 3.19. The molecule has 0 radical (unpaired) electrons. The summed E-state index contributed by atoms with van der Waals surface area (Å²) in [6, 6.07) is 10.3. The van der Waals surface area contributed by atoms with E-state index in [2.05, 4.69) is 26.6 Å². The molecule has 2 amide bonds. The molecular formula is C16H15BrN2O4. The minimum atomic E-state index is -0.305. The first-order valence-corrected chi connectivity index (χ1v) is 7.54. The van der Waals surface area contributed by atoms with Crippen LogP contribution >= 0.6 is 15.9 Å². The van der Waals surface area contributed by atoms with Gasteiger partial charge < -0.3 is 19.8 Å². The summed E-state index contributed by atoms with van der Waals surface area (Å²) in [4.78, 5) is 23.0. The van der Waals surface area contributed by atoms with Crippen LogP contribution in [0.5, 0.6) is 5.75 Å². The topological polar surface area (TPSA) is 80.6 Å². The molecule has 0 saturated carbocycles. The van der Waals surface area contributed by atoms with E-state index in [4.69, 9.17) is 9.15 Å². The van der Waals surface area contributed by atoms with Gasteiger partial charge in [0.25, 0.3) is 5.91 Å². The second-order valence-electron chi connectivity index (χ2n) is 4.45. The van der Waals surface area contributed by atoms with Gasteiger partial charge in [-0.2, -0.15) is 0 Å². The number of nitrogens with one attached hydrogen (secondary N) is 2. The molecule has 1 aromatic heterocycles. The van der Waals surface area contributed by atoms with Crippen LogP contribution in [0.3, 0.4) is 0 Å². The van der Waals surface area contributed by atoms with Gasteiger partial charge in [-0.1, -0.05) is 6.07 Å². The van der Waals surface area contributed by atoms with Crippen molar-refractivity contribution in [1.82, 2.24) is 5.32 Å². The molecule has 2 aromatic rings. The third-order valence-electron chi connectivity index (χ3n) is 2.74. The first-order chi connectivity index (χ1) is 11.1. The van der Waals surface area contributed by atoms with Crippen molar-refractivity contribution >= 4 is 39.5 Å². The Hall–Kier alpha value is -2.54. The molecule has 23 heavy (non-hydrogen) atoms. The number of carbonyl (C=O) groups excluding carboxylic acids is 2. The maximum Gasteiger partial charge on any atom is 0.257 e. The molecule has 0 aliphatic rings. The minimum Gasteiger partial charge on any atom is -0.484 e. The van der Waals surface area contributed by atoms with Crippen molar-refractivity contribution in [2.24, 2.45) is 0 Å². The fourth-order valence-electron chi connectivity index (χ4n) is 1.64. The monoisotopic (exact) mass is 378 g/mol. The number of carbonyl (C=O) groups is 2. The maximum atomic E-state index is 11.9. The van der Waals surface area contributed by atoms with E-state index in [9.17, 15) is 9.59 Å². The summed E-state index contributed by atoms with van der Waals surface area (Å²) < 4.78 is 11.2. The third kappa shape index (κ3) is 5.63. The Labute approximate surface area is 141 Å². The number of hydrogen-bond acceptors (Lipinski definition) is 4. The lowest BCUT2D eigenvalue weighted by Gasteiger charge is -2.07. The Morgan fingerprint density at radius 3 is 2.83 bits per heavy atom. The zero-order chi connectivity index (χ0) is 16.7. The highest BCUT2D eigenvalue weighted by atomic mass is 79.9. The predicted octanol–water partition coefficient (Wildman–Crippen LogP) is 2.82. The van der Waals surface area contributed by atoms with Crippen LogP contribution in [0.2, 0.25) is 0 Å². The summed E-state index contributed by atoms with van der Waals surface area (Å²) in [5.74, 6) is 0.521. The molecule has 7 heteroatoms. The minimum absolute atomic E-state index is 0.0822. The zero-order valence-corrected chi connectivity index (χ0v) is 13.9. The first kappa shape index (κ1) is 16.8. The van der Waals surface area contributed by atoms with E-state index in [0.717, 1.165) is 0 Å². The van der Waals surface area contributed by atoms with Crippen molar-refractivity contribution in [2.75, 3.05) is 19.0 Å². The number of likely N-dealkylation sites (N-methyl/N-ethyl adjacent to an activating group) is 1. The molecule has 6 nitrogen and oxygen atoms in total. The van der Waals surface area contributed by atoms with Gasteiger partial charge in [0, 0.05) is 24.9 Å². The molecule has 1 heterocycles. The first-order valence-electron chi connectivity index (χ1n) is 6.74. The van der Waals surface area contributed by atoms with Crippen LogP contribution in [0.1, 0.15) is 5.76 Å². The number of halogens is 1. The molecular weight excluding hydrogens is 364 g/mol. The summed E-state index contributed by atoms with van der Waals surface area (Å²) in [5, 5.41) is 5.16. The highest BCUT2D eigenvalue weighted by Crippen LogP contribution is 2.18. The molecule has 120 valence electrons. The molecule has 2 N–H and O–H groups in total. The Bertz CT molecular complexity index is 724. The number of hydrogen-bond donors (Lipinski definition) is 2. The van der Waals surface area contributed by atoms with E-state index in [1.807, 2.05) is 0 Å². The molecule has 0 aliphatic carbocycles. The SMILES string of the molecule is CNC(=O)COc1cccc(NC(=O)/C=C/c2ccc(Br)o2)c1. The van der Waals surface area contributed by atoms with Crippen LogP contribution in [0, 0.1) is 0 Å². The van der Waals surface area contributed by atoms with Gasteiger partial charge >= 0.3 is 0 Å². The number of rotatable bonds is 6. The lowest BCUT2D eigenvalue weighted by molar-refractivity contribution is -0.122. The van der Waals surface area contributed by atoms with Gasteiger partial charge in [0.05, 0.1) is 0 Å². The van der Waals surface area contributed by atoms with Crippen molar-refractivity contribution in [3.63, 3.8) is 0 Å². The van der Waals surface area contributed by atoms with Crippen LogP contribution in [-0.4, -0.2) is 25.5 Å². The Balaban J connectivity index is 1.92. The summed E-state index contributed by atoms with van der Waals surface area (Å²) in [6.45, 7) is -0.0822. The summed E-state index contributed by atoms with van der Waals surface area (Å²) in [5.41, 5.74) is 0.565. The molecule has 2 rings (SSSR count). The number of ether oxygens (including phenoxy) is 1. The molecule has 0 atom stereocenters. The van der Waals surface area contributed by atoms with Crippen molar-refractivity contribution in [1.29, 1.82) is 0 Å². The van der Waals surface area contributed by atoms with Gasteiger partial charge in [0.1, 0.15) is 11.5 Å². The summed E-state index contributed by atoms with van der Waals surface area (Å²) in [7, 11) is 1.53. The van der Waals surface area contributed by atoms with Gasteiger partial charge in [0.15, 0.2) is 11.3 Å². The Kier molecular flexibility index (Phi) is 5.99. The average Bonchev–Trinajstić information content (AvgIpc) is 2.96. The van der Waals surface area contributed by atoms with Crippen LogP contribution in [-0.2, 0) is 9.59 Å². The van der Waals surface area contributed by atoms with Gasteiger partial charge in [-0.15, -0.1) is 0 Å². The van der Waals surface area contributed by atoms with Crippen molar-refractivity contribution in [3.8, 4) is 5.75 Å². The molecule has 1 aromatic carbocycles. The predicted molar refractivity (Wildman–Crippen MR) is 90.1 cm³/mol. The molecule has 0 bridgehead atoms. The van der Waals surface area contributed by atoms with Crippen molar-refractivity contribution < 1.29 is 18.7 Å². The smallest absolute Gasteiger partial charge is 0.257 e. The fraction of sp³-hybridized carbons (Fsp3) is 0.125. The second kappa shape index (κ2) is 8.19. The molecule has 0 aliphatic heterocycles. The van der Waals surface area contributed by atoms with E-state index in [-0.39, 0.29) is 18.4 Å². The van der Waals surface area contributed by atoms with Crippen molar-refractivity contribution in [3.05, 3.63) is 52.9 Å². The average molecular weight is 379 g/mol. The quantitative estimate of drug-likeness (QED) is 0.757. The third-order valence-corrected chi connectivity index (χ3v) is 3.17. The number of anilines is 1. The van der Waals surface area contributed by atoms with Gasteiger partial charge in [-0.05, 0) is 46.3 Å². The van der Waals surface area contributed by atoms with E-state index >= 15 is 0 Å². The van der Waals surface area contributed by atoms with Crippen LogP contribution in [0.15, 0.2) is 51.6 Å². The van der Waals surface area contributed by atoms with Gasteiger partial charge in [-0.3, -0.25) is 9.59 Å². The number of furan rings is 1. The van der Waals surface area contributed by atoms with Crippen LogP contribution in [0.4, 0.5) is 5.69 Å². The molecule has 0 saturated heterocycles. The lowest BCUT2D eigenvalue weighted by atomic mass is 10.3. The van der Waals surface area contributed by atoms with Gasteiger partial charge in [-0.25, -0.2) is 0 Å². The normalized spacial score (nSPS) is 10.5. The molecule has 0 spiro atoms. The number of amides is 2. The van der Waals surface area contributed by atoms with Crippen LogP contribution in [0.25, 0.3) is 6.08 Å². The maximum absolute atomic E-state index is 11.9. The highest BCUT2D eigenvalue weighted by molar-refractivity contribution is 9.10. The summed E-state index contributed by atoms with van der Waals surface area (Å²) in [6.07, 6.45) is 2.93. The van der Waals surface area contributed by atoms with E-state index in [1.165, 1.54) is 13.1 Å². The van der Waals surface area contributed by atoms with Gasteiger partial charge in [0.2, 0.25) is 5.91 Å². The van der Waals surface area contributed by atoms with E-state index in [0.29, 0.717) is 21.9 Å². The fourth-order valence-corrected chi connectivity index (χ4v) is 1.96. The second-order valence-corrected chi connectivity index (χ2v) is 5.24.